The first-order chi connectivity index (χ1) is 11.2. The molecule has 1 aliphatic rings. The lowest BCUT2D eigenvalue weighted by atomic mass is 10.0. The topological polar surface area (TPSA) is 34.5 Å². The summed E-state index contributed by atoms with van der Waals surface area (Å²) in [4.78, 5) is 14.5. The van der Waals surface area contributed by atoms with Crippen LogP contribution in [0.3, 0.4) is 0 Å². The predicted molar refractivity (Wildman–Crippen MR) is 85.6 cm³/mol. The van der Waals surface area contributed by atoms with Gasteiger partial charge in [0.2, 0.25) is 0 Å². The largest absolute Gasteiger partial charge is 0.385 e. The quantitative estimate of drug-likeness (QED) is 0.869. The van der Waals surface area contributed by atoms with Crippen LogP contribution >= 0.6 is 0 Å². The summed E-state index contributed by atoms with van der Waals surface area (Å²) in [5.74, 6) is -0.426. The molecule has 2 aromatic rings. The number of methoxy groups -OCH3 is 1. The molecule has 23 heavy (non-hydrogen) atoms. The molecule has 5 heteroatoms. The molecule has 122 valence electrons. The molecule has 1 aromatic carbocycles. The maximum atomic E-state index is 14.0. The lowest BCUT2D eigenvalue weighted by molar-refractivity contribution is 0.0700. The molecule has 1 aliphatic heterocycles. The van der Waals surface area contributed by atoms with Crippen LogP contribution in [-0.2, 0) is 17.8 Å². The van der Waals surface area contributed by atoms with Crippen molar-refractivity contribution < 1.29 is 13.9 Å². The van der Waals surface area contributed by atoms with E-state index in [2.05, 4.69) is 4.57 Å². The fraction of sp³-hybridized carbons (Fsp3) is 0.389. The summed E-state index contributed by atoms with van der Waals surface area (Å²) in [6.07, 6.45) is 2.90. The van der Waals surface area contributed by atoms with Crippen LogP contribution in [0.25, 0.3) is 0 Å². The third-order valence-corrected chi connectivity index (χ3v) is 4.33. The van der Waals surface area contributed by atoms with Crippen molar-refractivity contribution in [2.24, 2.45) is 5.92 Å². The van der Waals surface area contributed by atoms with Crippen LogP contribution in [0.4, 0.5) is 4.39 Å². The minimum Gasteiger partial charge on any atom is -0.385 e. The molecule has 0 spiro atoms. The van der Waals surface area contributed by atoms with Gasteiger partial charge < -0.3 is 14.2 Å². The molecule has 1 amide bonds. The second-order valence-electron chi connectivity index (χ2n) is 5.96. The minimum absolute atomic E-state index is 0.137. The van der Waals surface area contributed by atoms with Gasteiger partial charge in [-0.3, -0.25) is 4.79 Å². The number of halogens is 1. The van der Waals surface area contributed by atoms with Gasteiger partial charge >= 0.3 is 0 Å². The third-order valence-electron chi connectivity index (χ3n) is 4.33. The number of benzene rings is 1. The van der Waals surface area contributed by atoms with Gasteiger partial charge in [-0.1, -0.05) is 12.1 Å². The van der Waals surface area contributed by atoms with E-state index < -0.39 is 5.82 Å². The van der Waals surface area contributed by atoms with E-state index in [0.717, 1.165) is 18.7 Å². The van der Waals surface area contributed by atoms with Crippen molar-refractivity contribution in [1.82, 2.24) is 9.47 Å². The molecule has 0 saturated heterocycles. The summed E-state index contributed by atoms with van der Waals surface area (Å²) in [5.41, 5.74) is 1.22. The number of ether oxygens (including phenoxy) is 1. The highest BCUT2D eigenvalue weighted by molar-refractivity contribution is 5.94. The monoisotopic (exact) mass is 316 g/mol. The van der Waals surface area contributed by atoms with Crippen molar-refractivity contribution in [3.05, 3.63) is 59.7 Å². The second kappa shape index (κ2) is 6.96. The summed E-state index contributed by atoms with van der Waals surface area (Å²) < 4.78 is 21.3. The molecule has 1 unspecified atom stereocenters. The van der Waals surface area contributed by atoms with Gasteiger partial charge in [0, 0.05) is 38.7 Å². The Morgan fingerprint density at radius 2 is 2.09 bits per heavy atom. The summed E-state index contributed by atoms with van der Waals surface area (Å²) >= 11 is 0. The van der Waals surface area contributed by atoms with Crippen LogP contribution in [-0.4, -0.2) is 35.6 Å². The van der Waals surface area contributed by atoms with Crippen LogP contribution < -0.4 is 0 Å². The Morgan fingerprint density at radius 1 is 1.26 bits per heavy atom. The number of nitrogens with zero attached hydrogens (tertiary/aromatic N) is 2. The highest BCUT2D eigenvalue weighted by Crippen LogP contribution is 2.22. The molecule has 0 N–H and O–H groups in total. The normalized spacial score (nSPS) is 17.7. The Kier molecular flexibility index (Phi) is 4.76. The number of rotatable bonds is 4. The molecular formula is C18H21FN2O2. The van der Waals surface area contributed by atoms with Gasteiger partial charge in [-0.05, 0) is 36.6 Å². The molecule has 3 rings (SSSR count). The van der Waals surface area contributed by atoms with E-state index in [4.69, 9.17) is 4.74 Å². The van der Waals surface area contributed by atoms with Crippen molar-refractivity contribution in [1.29, 1.82) is 0 Å². The first-order valence-corrected chi connectivity index (χ1v) is 7.86. The van der Waals surface area contributed by atoms with Gasteiger partial charge in [-0.25, -0.2) is 4.39 Å². The maximum Gasteiger partial charge on any atom is 0.257 e. The zero-order chi connectivity index (χ0) is 16.2. The van der Waals surface area contributed by atoms with E-state index in [1.807, 2.05) is 18.3 Å². The Morgan fingerprint density at radius 3 is 2.87 bits per heavy atom. The molecule has 0 fully saturated rings. The molecule has 0 aliphatic carbocycles. The number of carbonyl (C=O) groups is 1. The molecule has 1 atom stereocenters. The Balaban J connectivity index is 1.85. The fourth-order valence-electron chi connectivity index (χ4n) is 3.11. The van der Waals surface area contributed by atoms with Gasteiger partial charge in [-0.2, -0.15) is 0 Å². The van der Waals surface area contributed by atoms with Crippen LogP contribution in [0, 0.1) is 11.7 Å². The van der Waals surface area contributed by atoms with E-state index in [9.17, 15) is 9.18 Å². The summed E-state index contributed by atoms with van der Waals surface area (Å²) in [5, 5.41) is 0. The number of hydrogen-bond donors (Lipinski definition) is 0. The van der Waals surface area contributed by atoms with E-state index >= 15 is 0 Å². The lowest BCUT2D eigenvalue weighted by Crippen LogP contribution is -2.34. The molecular weight excluding hydrogens is 295 g/mol. The van der Waals surface area contributed by atoms with Crippen LogP contribution in [0.2, 0.25) is 0 Å². The molecule has 2 heterocycles. The molecule has 4 nitrogen and oxygen atoms in total. The van der Waals surface area contributed by atoms with Gasteiger partial charge in [-0.15, -0.1) is 0 Å². The van der Waals surface area contributed by atoms with Crippen molar-refractivity contribution in [2.75, 3.05) is 20.3 Å². The Bertz CT molecular complexity index is 683. The number of amides is 1. The van der Waals surface area contributed by atoms with E-state index in [1.165, 1.54) is 6.07 Å². The zero-order valence-electron chi connectivity index (χ0n) is 13.2. The SMILES string of the molecule is COCCC1CN(C(=O)c2ccccc2F)Cc2cccn2C1. The molecule has 0 bridgehead atoms. The third kappa shape index (κ3) is 3.45. The summed E-state index contributed by atoms with van der Waals surface area (Å²) in [6, 6.07) is 10.2. The van der Waals surface area contributed by atoms with Crippen molar-refractivity contribution >= 4 is 5.91 Å². The van der Waals surface area contributed by atoms with Crippen LogP contribution in [0.1, 0.15) is 22.5 Å². The average Bonchev–Trinajstić information content (AvgIpc) is 2.91. The maximum absolute atomic E-state index is 14.0. The first kappa shape index (κ1) is 15.7. The highest BCUT2D eigenvalue weighted by atomic mass is 19.1. The first-order valence-electron chi connectivity index (χ1n) is 7.86. The van der Waals surface area contributed by atoms with Gasteiger partial charge in [0.15, 0.2) is 0 Å². The highest BCUT2D eigenvalue weighted by Gasteiger charge is 2.26. The Hall–Kier alpha value is -2.14. The summed E-state index contributed by atoms with van der Waals surface area (Å²) in [7, 11) is 1.68. The number of hydrogen-bond acceptors (Lipinski definition) is 2. The number of aromatic nitrogens is 1. The second-order valence-corrected chi connectivity index (χ2v) is 5.96. The van der Waals surface area contributed by atoms with Crippen molar-refractivity contribution in [2.45, 2.75) is 19.5 Å². The van der Waals surface area contributed by atoms with Gasteiger partial charge in [0.1, 0.15) is 5.82 Å². The van der Waals surface area contributed by atoms with Gasteiger partial charge in [0.25, 0.3) is 5.91 Å². The fourth-order valence-corrected chi connectivity index (χ4v) is 3.11. The number of fused-ring (bicyclic) bond motifs is 1. The average molecular weight is 316 g/mol. The smallest absolute Gasteiger partial charge is 0.257 e. The molecule has 0 radical (unpaired) electrons. The Labute approximate surface area is 135 Å². The van der Waals surface area contributed by atoms with E-state index in [0.29, 0.717) is 25.6 Å². The molecule has 0 saturated carbocycles. The van der Waals surface area contributed by atoms with Gasteiger partial charge in [0.05, 0.1) is 12.1 Å². The standard InChI is InChI=1S/C18H21FN2O2/c1-23-10-8-14-11-20-9-4-5-15(20)13-21(12-14)18(22)16-6-2-3-7-17(16)19/h2-7,9,14H,8,10-13H2,1H3. The van der Waals surface area contributed by atoms with Crippen LogP contribution in [0.5, 0.6) is 0 Å². The minimum atomic E-state index is -0.467. The summed E-state index contributed by atoms with van der Waals surface area (Å²) in [6.45, 7) is 2.62. The van der Waals surface area contributed by atoms with Crippen LogP contribution in [0.15, 0.2) is 42.6 Å². The molecule has 1 aromatic heterocycles. The van der Waals surface area contributed by atoms with Crippen molar-refractivity contribution in [3.63, 3.8) is 0 Å². The predicted octanol–water partition coefficient (Wildman–Crippen LogP) is 2.94. The number of carbonyl (C=O) groups excluding carboxylic acids is 1. The van der Waals surface area contributed by atoms with Crippen molar-refractivity contribution in [3.8, 4) is 0 Å². The lowest BCUT2D eigenvalue weighted by Gasteiger charge is -2.24. The van der Waals surface area contributed by atoms with E-state index in [1.54, 1.807) is 30.2 Å². The zero-order valence-corrected chi connectivity index (χ0v) is 13.2. The van der Waals surface area contributed by atoms with E-state index in [-0.39, 0.29) is 11.5 Å².